The molecular formula is C24H23FN6O2S. The molecule has 5 rings (SSSR count). The SMILES string of the molecule is [2H]C([2H])([2H])OC[C@]12C[C@H]1[C@@](C)(c1cc(Cc3nccc4nc(OC([2H])([2H])C#C)cnc34)cnc1F)N=C(N)S2. The van der Waals surface area contributed by atoms with E-state index < -0.39 is 29.8 Å². The fourth-order valence-electron chi connectivity index (χ4n) is 4.59. The number of hydrogen-bond acceptors (Lipinski definition) is 9. The average molecular weight is 484 g/mol. The Kier molecular flexibility index (Phi) is 4.29. The van der Waals surface area contributed by atoms with Crippen LogP contribution in [0.4, 0.5) is 4.39 Å². The smallest absolute Gasteiger partial charge is 0.233 e. The lowest BCUT2D eigenvalue weighted by Crippen LogP contribution is -2.38. The van der Waals surface area contributed by atoms with Crippen molar-refractivity contribution in [1.29, 1.82) is 0 Å². The maximum absolute atomic E-state index is 15.2. The number of hydrogen-bond donors (Lipinski definition) is 1. The average Bonchev–Trinajstić information content (AvgIpc) is 3.59. The van der Waals surface area contributed by atoms with Crippen LogP contribution in [0.25, 0.3) is 11.0 Å². The molecule has 0 unspecified atom stereocenters. The second-order valence-electron chi connectivity index (χ2n) is 8.35. The van der Waals surface area contributed by atoms with Gasteiger partial charge in [0, 0.05) is 37.3 Å². The second kappa shape index (κ2) is 8.49. The van der Waals surface area contributed by atoms with Crippen LogP contribution >= 0.6 is 11.8 Å². The Morgan fingerprint density at radius 2 is 2.29 bits per heavy atom. The molecule has 0 spiro atoms. The molecule has 2 aliphatic rings. The van der Waals surface area contributed by atoms with Crippen LogP contribution in [0.15, 0.2) is 35.7 Å². The molecule has 0 aromatic carbocycles. The van der Waals surface area contributed by atoms with Gasteiger partial charge in [-0.05, 0) is 31.0 Å². The van der Waals surface area contributed by atoms with Gasteiger partial charge in [0.2, 0.25) is 11.8 Å². The van der Waals surface area contributed by atoms with Gasteiger partial charge in [-0.1, -0.05) is 17.7 Å². The van der Waals surface area contributed by atoms with Crippen molar-refractivity contribution in [2.45, 2.75) is 30.1 Å². The number of aromatic nitrogens is 4. The van der Waals surface area contributed by atoms with Gasteiger partial charge in [-0.25, -0.2) is 15.0 Å². The highest BCUT2D eigenvalue weighted by Crippen LogP contribution is 2.65. The summed E-state index contributed by atoms with van der Waals surface area (Å²) in [6.45, 7) is -0.637. The van der Waals surface area contributed by atoms with Crippen LogP contribution in [-0.4, -0.2) is 50.1 Å². The summed E-state index contributed by atoms with van der Waals surface area (Å²) in [4.78, 5) is 21.6. The summed E-state index contributed by atoms with van der Waals surface area (Å²) in [5.74, 6) is 0.904. The lowest BCUT2D eigenvalue weighted by atomic mass is 9.86. The molecule has 8 nitrogen and oxygen atoms in total. The molecule has 1 aliphatic carbocycles. The molecule has 10 heteroatoms. The fourth-order valence-corrected chi connectivity index (χ4v) is 5.98. The highest BCUT2D eigenvalue weighted by molar-refractivity contribution is 8.15. The largest absolute Gasteiger partial charge is 0.463 e. The van der Waals surface area contributed by atoms with Gasteiger partial charge in [-0.15, -0.1) is 6.42 Å². The number of thioether (sulfide) groups is 1. The molecule has 174 valence electrons. The van der Waals surface area contributed by atoms with Crippen LogP contribution < -0.4 is 10.5 Å². The Labute approximate surface area is 207 Å². The van der Waals surface area contributed by atoms with Crippen molar-refractivity contribution in [2.75, 3.05) is 20.2 Å². The summed E-state index contributed by atoms with van der Waals surface area (Å²) in [7, 11) is -2.55. The number of halogens is 1. The molecule has 1 aliphatic heterocycles. The number of rotatable bonds is 7. The molecular weight excluding hydrogens is 455 g/mol. The fraction of sp³-hybridized carbons (Fsp3) is 0.375. The standard InChI is InChI=1S/C24H23FN6O2S/c1-4-7-33-19-12-28-20-16(30-19)5-6-27-17(20)9-14-8-15(21(25)29-11-14)23(2)18-10-24(18,13-32-3)34-22(26)31-23/h1,5-6,8,11-12,18H,7,9-10,13H2,2-3H3,(H2,26,31)/t18-,23+,24+/m0/s1/i3D3,7D2. The van der Waals surface area contributed by atoms with Crippen molar-refractivity contribution in [3.8, 4) is 18.2 Å². The van der Waals surface area contributed by atoms with E-state index in [-0.39, 0.29) is 35.6 Å². The number of terminal acetylenes is 1. The number of aliphatic imine (C=N–C) groups is 1. The van der Waals surface area contributed by atoms with Gasteiger partial charge in [0.1, 0.15) is 5.52 Å². The van der Waals surface area contributed by atoms with E-state index in [9.17, 15) is 0 Å². The number of amidine groups is 1. The maximum Gasteiger partial charge on any atom is 0.233 e. The molecule has 3 aromatic heterocycles. The summed E-state index contributed by atoms with van der Waals surface area (Å²) in [6.07, 6.45) is 10.1. The quantitative estimate of drug-likeness (QED) is 0.404. The zero-order chi connectivity index (χ0) is 28.2. The van der Waals surface area contributed by atoms with Gasteiger partial charge in [0.15, 0.2) is 11.7 Å². The van der Waals surface area contributed by atoms with E-state index in [1.165, 1.54) is 30.4 Å². The molecule has 4 heterocycles. The molecule has 1 fully saturated rings. The van der Waals surface area contributed by atoms with Crippen molar-refractivity contribution in [3.63, 3.8) is 0 Å². The molecule has 2 N–H and O–H groups in total. The summed E-state index contributed by atoms with van der Waals surface area (Å²) in [5.41, 5.74) is 7.31. The normalized spacial score (nSPS) is 28.3. The number of ether oxygens (including phenoxy) is 2. The first-order chi connectivity index (χ1) is 18.2. The number of nitrogens with zero attached hydrogens (tertiary/aromatic N) is 5. The summed E-state index contributed by atoms with van der Waals surface area (Å²) >= 11 is 1.26. The number of fused-ring (bicyclic) bond motifs is 2. The summed E-state index contributed by atoms with van der Waals surface area (Å²) in [6, 6.07) is 3.26. The Morgan fingerprint density at radius 1 is 1.41 bits per heavy atom. The van der Waals surface area contributed by atoms with E-state index in [2.05, 4.69) is 24.9 Å². The third-order valence-corrected chi connectivity index (χ3v) is 7.49. The second-order valence-corrected chi connectivity index (χ2v) is 9.79. The first kappa shape index (κ1) is 17.2. The van der Waals surface area contributed by atoms with Crippen LogP contribution in [0.2, 0.25) is 0 Å². The van der Waals surface area contributed by atoms with Gasteiger partial charge >= 0.3 is 0 Å². The lowest BCUT2D eigenvalue weighted by Gasteiger charge is -2.34. The van der Waals surface area contributed by atoms with E-state index in [1.807, 2.05) is 5.92 Å². The third kappa shape index (κ3) is 3.85. The first-order valence-corrected chi connectivity index (χ1v) is 11.2. The van der Waals surface area contributed by atoms with E-state index in [0.717, 1.165) is 0 Å². The zero-order valence-electron chi connectivity index (χ0n) is 23.1. The maximum atomic E-state index is 15.2. The number of pyridine rings is 2. The van der Waals surface area contributed by atoms with Gasteiger partial charge in [-0.3, -0.25) is 9.98 Å². The molecule has 3 aromatic rings. The predicted molar refractivity (Wildman–Crippen MR) is 128 cm³/mol. The minimum absolute atomic E-state index is 0.0629. The Bertz CT molecular complexity index is 1530. The summed E-state index contributed by atoms with van der Waals surface area (Å²) < 4.78 is 62.0. The van der Waals surface area contributed by atoms with Gasteiger partial charge in [0.05, 0.1) is 41.2 Å². The minimum atomic E-state index is -2.55. The predicted octanol–water partition coefficient (Wildman–Crippen LogP) is 2.84. The molecule has 34 heavy (non-hydrogen) atoms. The highest BCUT2D eigenvalue weighted by Gasteiger charge is 2.66. The van der Waals surface area contributed by atoms with Crippen LogP contribution in [0.3, 0.4) is 0 Å². The molecule has 3 atom stereocenters. The monoisotopic (exact) mass is 483 g/mol. The highest BCUT2D eigenvalue weighted by atomic mass is 32.2. The van der Waals surface area contributed by atoms with Gasteiger partial charge < -0.3 is 15.2 Å². The van der Waals surface area contributed by atoms with Gasteiger partial charge in [0.25, 0.3) is 0 Å². The minimum Gasteiger partial charge on any atom is -0.463 e. The van der Waals surface area contributed by atoms with Crippen molar-refractivity contribution < 1.29 is 20.7 Å². The third-order valence-electron chi connectivity index (χ3n) is 6.21. The van der Waals surface area contributed by atoms with E-state index in [4.69, 9.17) is 28.5 Å². The molecule has 0 saturated heterocycles. The van der Waals surface area contributed by atoms with Crippen LogP contribution in [-0.2, 0) is 16.7 Å². The summed E-state index contributed by atoms with van der Waals surface area (Å²) in [5, 5.41) is 0.225. The van der Waals surface area contributed by atoms with E-state index in [0.29, 0.717) is 28.7 Å². The number of methoxy groups -OCH3 is 1. The van der Waals surface area contributed by atoms with Crippen LogP contribution in [0.1, 0.15) is 37.0 Å². The van der Waals surface area contributed by atoms with E-state index >= 15 is 4.39 Å². The van der Waals surface area contributed by atoms with Crippen molar-refractivity contribution >= 4 is 28.0 Å². The van der Waals surface area contributed by atoms with Crippen molar-refractivity contribution in [2.24, 2.45) is 16.6 Å². The first-order valence-electron chi connectivity index (χ1n) is 12.8. The van der Waals surface area contributed by atoms with Crippen LogP contribution in [0.5, 0.6) is 5.88 Å². The lowest BCUT2D eigenvalue weighted by molar-refractivity contribution is 0.184. The molecule has 0 amide bonds. The topological polar surface area (TPSA) is 108 Å². The van der Waals surface area contributed by atoms with Crippen molar-refractivity contribution in [3.05, 3.63) is 53.5 Å². The van der Waals surface area contributed by atoms with Crippen LogP contribution in [0, 0.1) is 24.2 Å². The van der Waals surface area contributed by atoms with Crippen molar-refractivity contribution in [1.82, 2.24) is 19.9 Å². The zero-order valence-corrected chi connectivity index (χ0v) is 18.9. The van der Waals surface area contributed by atoms with Gasteiger partial charge in [-0.2, -0.15) is 4.39 Å². The molecule has 0 bridgehead atoms. The van der Waals surface area contributed by atoms with E-state index in [1.54, 1.807) is 19.1 Å². The Morgan fingerprint density at radius 3 is 3.12 bits per heavy atom. The molecule has 0 radical (unpaired) electrons. The Balaban J connectivity index is 1.44. The Hall–Kier alpha value is -3.29. The number of nitrogens with two attached hydrogens (primary N) is 1. The molecule has 1 saturated carbocycles.